The van der Waals surface area contributed by atoms with Gasteiger partial charge in [0.15, 0.2) is 0 Å². The number of benzene rings is 1. The summed E-state index contributed by atoms with van der Waals surface area (Å²) in [5.41, 5.74) is 1.06. The van der Waals surface area contributed by atoms with E-state index in [4.69, 9.17) is 4.52 Å². The first-order valence-corrected chi connectivity index (χ1v) is 9.66. The van der Waals surface area contributed by atoms with E-state index in [1.807, 2.05) is 6.07 Å². The number of hydrogen-bond acceptors (Lipinski definition) is 6. The average Bonchev–Trinajstić information content (AvgIpc) is 3.27. The molecule has 154 valence electrons. The van der Waals surface area contributed by atoms with Crippen molar-refractivity contribution in [2.24, 2.45) is 0 Å². The molecular formula is C21H20FN5O3. The Bertz CT molecular complexity index is 1030. The highest BCUT2D eigenvalue weighted by molar-refractivity contribution is 5.94. The molecule has 2 aromatic heterocycles. The molecule has 1 aromatic carbocycles. The zero-order valence-corrected chi connectivity index (χ0v) is 16.2. The van der Waals surface area contributed by atoms with Crippen LogP contribution in [0.5, 0.6) is 0 Å². The molecular weight excluding hydrogens is 389 g/mol. The van der Waals surface area contributed by atoms with E-state index in [-0.39, 0.29) is 18.2 Å². The van der Waals surface area contributed by atoms with E-state index < -0.39 is 5.82 Å². The number of nitrogens with zero attached hydrogens (tertiary/aromatic N) is 5. The standard InChI is InChI=1S/C21H20FN5O3/c22-17-5-1-3-15(13-17)21(29)27-11-9-26(10-12-27)19(28)7-6-18-24-20(25-30-18)16-4-2-8-23-14-16/h1-5,8,13-14H,6-7,9-12H2. The van der Waals surface area contributed by atoms with E-state index in [9.17, 15) is 14.0 Å². The number of pyridine rings is 1. The van der Waals surface area contributed by atoms with Crippen LogP contribution in [0.15, 0.2) is 53.3 Å². The maximum atomic E-state index is 13.3. The van der Waals surface area contributed by atoms with Crippen LogP contribution in [0.4, 0.5) is 4.39 Å². The van der Waals surface area contributed by atoms with Crippen LogP contribution in [-0.4, -0.2) is 62.9 Å². The molecule has 0 radical (unpaired) electrons. The Kier molecular flexibility index (Phi) is 5.78. The predicted molar refractivity (Wildman–Crippen MR) is 105 cm³/mol. The average molecular weight is 409 g/mol. The van der Waals surface area contributed by atoms with Crippen molar-refractivity contribution in [2.45, 2.75) is 12.8 Å². The van der Waals surface area contributed by atoms with Gasteiger partial charge in [-0.15, -0.1) is 0 Å². The molecule has 1 fully saturated rings. The van der Waals surface area contributed by atoms with Crippen LogP contribution in [0.25, 0.3) is 11.4 Å². The van der Waals surface area contributed by atoms with Gasteiger partial charge in [-0.05, 0) is 30.3 Å². The fourth-order valence-corrected chi connectivity index (χ4v) is 3.30. The Morgan fingerprint density at radius 1 is 1.07 bits per heavy atom. The molecule has 4 rings (SSSR count). The normalized spacial score (nSPS) is 14.0. The first-order chi connectivity index (χ1) is 14.6. The number of halogens is 1. The molecule has 3 heterocycles. The summed E-state index contributed by atoms with van der Waals surface area (Å²) < 4.78 is 18.6. The van der Waals surface area contributed by atoms with Gasteiger partial charge in [0.25, 0.3) is 5.91 Å². The third kappa shape index (κ3) is 4.51. The van der Waals surface area contributed by atoms with Gasteiger partial charge in [0, 0.05) is 62.5 Å². The summed E-state index contributed by atoms with van der Waals surface area (Å²) in [6.07, 6.45) is 3.89. The minimum Gasteiger partial charge on any atom is -0.339 e. The molecule has 9 heteroatoms. The third-order valence-electron chi connectivity index (χ3n) is 4.93. The Morgan fingerprint density at radius 3 is 2.60 bits per heavy atom. The van der Waals surface area contributed by atoms with Crippen molar-refractivity contribution in [1.29, 1.82) is 0 Å². The van der Waals surface area contributed by atoms with Crippen LogP contribution in [0, 0.1) is 5.82 Å². The molecule has 1 saturated heterocycles. The zero-order valence-electron chi connectivity index (χ0n) is 16.2. The van der Waals surface area contributed by atoms with E-state index in [0.717, 1.165) is 5.56 Å². The minimum atomic E-state index is -0.442. The summed E-state index contributed by atoms with van der Waals surface area (Å²) in [7, 11) is 0. The van der Waals surface area contributed by atoms with Gasteiger partial charge in [0.05, 0.1) is 0 Å². The van der Waals surface area contributed by atoms with Gasteiger partial charge in [0.1, 0.15) is 5.82 Å². The first kappa shape index (κ1) is 19.7. The van der Waals surface area contributed by atoms with Crippen LogP contribution in [0.1, 0.15) is 22.7 Å². The second kappa shape index (κ2) is 8.81. The van der Waals surface area contributed by atoms with Crippen molar-refractivity contribution >= 4 is 11.8 Å². The first-order valence-electron chi connectivity index (χ1n) is 9.66. The molecule has 0 saturated carbocycles. The lowest BCUT2D eigenvalue weighted by molar-refractivity contribution is -0.132. The van der Waals surface area contributed by atoms with Gasteiger partial charge in [-0.3, -0.25) is 14.6 Å². The lowest BCUT2D eigenvalue weighted by atomic mass is 10.1. The third-order valence-corrected chi connectivity index (χ3v) is 4.93. The number of piperazine rings is 1. The maximum Gasteiger partial charge on any atom is 0.254 e. The van der Waals surface area contributed by atoms with Crippen molar-refractivity contribution in [3.8, 4) is 11.4 Å². The summed E-state index contributed by atoms with van der Waals surface area (Å²) in [6, 6.07) is 9.25. The fourth-order valence-electron chi connectivity index (χ4n) is 3.30. The fraction of sp³-hybridized carbons (Fsp3) is 0.286. The van der Waals surface area contributed by atoms with E-state index in [1.165, 1.54) is 18.2 Å². The van der Waals surface area contributed by atoms with Gasteiger partial charge in [-0.25, -0.2) is 4.39 Å². The van der Waals surface area contributed by atoms with E-state index in [2.05, 4.69) is 15.1 Å². The van der Waals surface area contributed by atoms with Gasteiger partial charge in [-0.1, -0.05) is 11.2 Å². The predicted octanol–water partition coefficient (Wildman–Crippen LogP) is 2.19. The number of carbonyl (C=O) groups is 2. The SMILES string of the molecule is O=C(CCc1nc(-c2cccnc2)no1)N1CCN(C(=O)c2cccc(F)c2)CC1. The lowest BCUT2D eigenvalue weighted by Gasteiger charge is -2.34. The number of aryl methyl sites for hydroxylation is 1. The van der Waals surface area contributed by atoms with Crippen molar-refractivity contribution < 1.29 is 18.5 Å². The number of rotatable bonds is 5. The Hall–Kier alpha value is -3.62. The largest absolute Gasteiger partial charge is 0.339 e. The molecule has 0 unspecified atom stereocenters. The molecule has 8 nitrogen and oxygen atoms in total. The number of hydrogen-bond donors (Lipinski definition) is 0. The second-order valence-corrected chi connectivity index (χ2v) is 6.94. The molecule has 0 atom stereocenters. The Balaban J connectivity index is 1.27. The number of aromatic nitrogens is 3. The number of amides is 2. The lowest BCUT2D eigenvalue weighted by Crippen LogP contribution is -2.50. The van der Waals surface area contributed by atoms with Gasteiger partial charge in [-0.2, -0.15) is 4.98 Å². The Labute approximate surface area is 172 Å². The highest BCUT2D eigenvalue weighted by Gasteiger charge is 2.25. The molecule has 2 amide bonds. The van der Waals surface area contributed by atoms with Gasteiger partial charge in [0.2, 0.25) is 17.6 Å². The summed E-state index contributed by atoms with van der Waals surface area (Å²) in [5, 5.41) is 3.92. The highest BCUT2D eigenvalue weighted by atomic mass is 19.1. The summed E-state index contributed by atoms with van der Waals surface area (Å²) >= 11 is 0. The molecule has 30 heavy (non-hydrogen) atoms. The maximum absolute atomic E-state index is 13.3. The topological polar surface area (TPSA) is 92.4 Å². The van der Waals surface area contributed by atoms with E-state index >= 15 is 0 Å². The molecule has 1 aliphatic heterocycles. The van der Waals surface area contributed by atoms with Crippen LogP contribution in [-0.2, 0) is 11.2 Å². The molecule has 0 N–H and O–H groups in total. The molecule has 0 spiro atoms. The van der Waals surface area contributed by atoms with Crippen LogP contribution < -0.4 is 0 Å². The summed E-state index contributed by atoms with van der Waals surface area (Å²) in [6.45, 7) is 1.69. The van der Waals surface area contributed by atoms with Crippen LogP contribution in [0.3, 0.4) is 0 Å². The molecule has 1 aliphatic rings. The molecule has 0 aliphatic carbocycles. The quantitative estimate of drug-likeness (QED) is 0.641. The van der Waals surface area contributed by atoms with E-state index in [1.54, 1.807) is 34.3 Å². The van der Waals surface area contributed by atoms with Gasteiger partial charge >= 0.3 is 0 Å². The zero-order chi connectivity index (χ0) is 20.9. The Morgan fingerprint density at radius 2 is 1.87 bits per heavy atom. The molecule has 0 bridgehead atoms. The second-order valence-electron chi connectivity index (χ2n) is 6.94. The molecule has 3 aromatic rings. The van der Waals surface area contributed by atoms with Crippen molar-refractivity contribution in [3.63, 3.8) is 0 Å². The summed E-state index contributed by atoms with van der Waals surface area (Å²) in [5.74, 6) is 0.129. The summed E-state index contributed by atoms with van der Waals surface area (Å²) in [4.78, 5) is 36.7. The smallest absolute Gasteiger partial charge is 0.254 e. The van der Waals surface area contributed by atoms with Crippen molar-refractivity contribution in [1.82, 2.24) is 24.9 Å². The monoisotopic (exact) mass is 409 g/mol. The number of carbonyl (C=O) groups excluding carboxylic acids is 2. The minimum absolute atomic E-state index is 0.0333. The van der Waals surface area contributed by atoms with Gasteiger partial charge < -0.3 is 14.3 Å². The van der Waals surface area contributed by atoms with Crippen LogP contribution in [0.2, 0.25) is 0 Å². The highest BCUT2D eigenvalue weighted by Crippen LogP contribution is 2.15. The van der Waals surface area contributed by atoms with E-state index in [0.29, 0.717) is 49.9 Å². The van der Waals surface area contributed by atoms with Crippen LogP contribution >= 0.6 is 0 Å². The van der Waals surface area contributed by atoms with Crippen molar-refractivity contribution in [2.75, 3.05) is 26.2 Å². The van der Waals surface area contributed by atoms with Crippen molar-refractivity contribution in [3.05, 3.63) is 66.1 Å².